The van der Waals surface area contributed by atoms with Crippen molar-refractivity contribution < 1.29 is 23.8 Å². The number of amides is 1. The molecule has 1 atom stereocenters. The van der Waals surface area contributed by atoms with Gasteiger partial charge >= 0.3 is 5.97 Å². The van der Waals surface area contributed by atoms with Crippen LogP contribution in [0.15, 0.2) is 47.4 Å². The predicted octanol–water partition coefficient (Wildman–Crippen LogP) is 3.69. The Bertz CT molecular complexity index is 1260. The zero-order valence-corrected chi connectivity index (χ0v) is 17.7. The molecule has 0 radical (unpaired) electrons. The van der Waals surface area contributed by atoms with E-state index in [0.717, 1.165) is 0 Å². The summed E-state index contributed by atoms with van der Waals surface area (Å²) in [7, 11) is 0. The number of ether oxygens (including phenoxy) is 1. The van der Waals surface area contributed by atoms with Gasteiger partial charge in [-0.25, -0.2) is 4.39 Å². The minimum Gasteiger partial charge on any atom is -0.484 e. The van der Waals surface area contributed by atoms with E-state index in [4.69, 9.17) is 16.3 Å². The monoisotopic (exact) mass is 458 g/mol. The highest BCUT2D eigenvalue weighted by atomic mass is 35.5. The quantitative estimate of drug-likeness (QED) is 0.607. The highest BCUT2D eigenvalue weighted by Crippen LogP contribution is 2.33. The molecule has 0 bridgehead atoms. The van der Waals surface area contributed by atoms with Crippen molar-refractivity contribution in [1.82, 2.24) is 9.88 Å². The number of aromatic amines is 1. The van der Waals surface area contributed by atoms with Gasteiger partial charge in [-0.05, 0) is 54.6 Å². The second-order valence-electron chi connectivity index (χ2n) is 7.67. The summed E-state index contributed by atoms with van der Waals surface area (Å²) in [4.78, 5) is 40.2. The number of likely N-dealkylation sites (tertiary alicyclic amines) is 1. The molecule has 1 aliphatic rings. The Morgan fingerprint density at radius 2 is 2.00 bits per heavy atom. The fraction of sp³-hybridized carbons (Fsp3) is 0.261. The van der Waals surface area contributed by atoms with Crippen LogP contribution in [0.5, 0.6) is 5.75 Å². The number of carbonyl (C=O) groups excluding carboxylic acids is 1. The van der Waals surface area contributed by atoms with E-state index < -0.39 is 17.7 Å². The molecule has 1 aromatic heterocycles. The van der Waals surface area contributed by atoms with E-state index >= 15 is 0 Å². The number of hydrogen-bond acceptors (Lipinski definition) is 4. The van der Waals surface area contributed by atoms with Gasteiger partial charge in [-0.3, -0.25) is 14.4 Å². The molecule has 166 valence electrons. The fourth-order valence-electron chi connectivity index (χ4n) is 3.90. The van der Waals surface area contributed by atoms with E-state index in [-0.39, 0.29) is 29.6 Å². The molecule has 2 N–H and O–H groups in total. The predicted molar refractivity (Wildman–Crippen MR) is 117 cm³/mol. The maximum Gasteiger partial charge on any atom is 0.308 e. The number of carboxylic acids is 1. The van der Waals surface area contributed by atoms with Crippen molar-refractivity contribution >= 4 is 34.2 Å². The number of H-pyrrole nitrogens is 1. The summed E-state index contributed by atoms with van der Waals surface area (Å²) in [6, 6.07) is 8.87. The Labute approximate surface area is 187 Å². The van der Waals surface area contributed by atoms with Crippen LogP contribution in [0.4, 0.5) is 4.39 Å². The number of hydrogen-bond donors (Lipinski definition) is 2. The van der Waals surface area contributed by atoms with Gasteiger partial charge in [-0.2, -0.15) is 0 Å². The third-order valence-electron chi connectivity index (χ3n) is 5.58. The van der Waals surface area contributed by atoms with Crippen LogP contribution in [-0.2, 0) is 9.59 Å². The van der Waals surface area contributed by atoms with Gasteiger partial charge in [0.2, 0.25) is 0 Å². The number of nitrogens with one attached hydrogen (secondary N) is 1. The van der Waals surface area contributed by atoms with Crippen LogP contribution in [0.25, 0.3) is 21.9 Å². The Hall–Kier alpha value is -3.39. The molecule has 3 aromatic rings. The van der Waals surface area contributed by atoms with Gasteiger partial charge < -0.3 is 19.7 Å². The zero-order chi connectivity index (χ0) is 22.8. The maximum absolute atomic E-state index is 13.4. The normalized spacial score (nSPS) is 16.2. The van der Waals surface area contributed by atoms with Gasteiger partial charge in [-0.1, -0.05) is 11.6 Å². The second-order valence-corrected chi connectivity index (χ2v) is 8.08. The molecule has 4 rings (SSSR count). The minimum atomic E-state index is -0.908. The topological polar surface area (TPSA) is 99.7 Å². The summed E-state index contributed by atoms with van der Waals surface area (Å²) < 4.78 is 19.0. The number of aromatic nitrogens is 1. The highest BCUT2D eigenvalue weighted by molar-refractivity contribution is 6.33. The third-order valence-corrected chi connectivity index (χ3v) is 5.89. The first-order valence-corrected chi connectivity index (χ1v) is 10.5. The van der Waals surface area contributed by atoms with E-state index in [1.54, 1.807) is 12.1 Å². The molecule has 32 heavy (non-hydrogen) atoms. The second kappa shape index (κ2) is 9.00. The first-order valence-electron chi connectivity index (χ1n) is 10.1. The largest absolute Gasteiger partial charge is 0.484 e. The molecule has 0 saturated carbocycles. The number of aliphatic carboxylic acids is 1. The average Bonchev–Trinajstić information content (AvgIpc) is 2.78. The van der Waals surface area contributed by atoms with Crippen LogP contribution in [0.1, 0.15) is 12.8 Å². The maximum atomic E-state index is 13.4. The molecule has 0 aliphatic carbocycles. The first-order chi connectivity index (χ1) is 15.3. The van der Waals surface area contributed by atoms with Crippen LogP contribution in [0, 0.1) is 11.7 Å². The number of pyridine rings is 1. The van der Waals surface area contributed by atoms with Crippen LogP contribution in [0.3, 0.4) is 0 Å². The number of halogens is 2. The van der Waals surface area contributed by atoms with Gasteiger partial charge in [0.05, 0.1) is 16.3 Å². The van der Waals surface area contributed by atoms with Crippen molar-refractivity contribution in [2.75, 3.05) is 19.7 Å². The van der Waals surface area contributed by atoms with E-state index in [9.17, 15) is 23.9 Å². The summed E-state index contributed by atoms with van der Waals surface area (Å²) in [5.74, 6) is -1.92. The summed E-state index contributed by atoms with van der Waals surface area (Å²) in [5.41, 5.74) is 0.843. The molecule has 1 fully saturated rings. The zero-order valence-electron chi connectivity index (χ0n) is 16.9. The van der Waals surface area contributed by atoms with Crippen molar-refractivity contribution in [1.29, 1.82) is 0 Å². The van der Waals surface area contributed by atoms with Crippen LogP contribution in [0.2, 0.25) is 5.02 Å². The van der Waals surface area contributed by atoms with Crippen molar-refractivity contribution in [2.24, 2.45) is 5.92 Å². The number of benzene rings is 2. The first kappa shape index (κ1) is 21.8. The molecule has 1 saturated heterocycles. The molecule has 2 aromatic carbocycles. The number of rotatable bonds is 5. The molecule has 1 aliphatic heterocycles. The average molecular weight is 459 g/mol. The van der Waals surface area contributed by atoms with Gasteiger partial charge in [0.25, 0.3) is 11.5 Å². The van der Waals surface area contributed by atoms with Gasteiger partial charge in [0.15, 0.2) is 6.61 Å². The van der Waals surface area contributed by atoms with Gasteiger partial charge in [0, 0.05) is 30.4 Å². The van der Waals surface area contributed by atoms with Crippen molar-refractivity contribution in [2.45, 2.75) is 12.8 Å². The van der Waals surface area contributed by atoms with E-state index in [1.165, 1.54) is 35.4 Å². The summed E-state index contributed by atoms with van der Waals surface area (Å²) >= 11 is 6.19. The van der Waals surface area contributed by atoms with E-state index in [1.807, 2.05) is 0 Å². The Kier molecular flexibility index (Phi) is 6.14. The lowest BCUT2D eigenvalue weighted by molar-refractivity contribution is -0.146. The number of carboxylic acid groups (broad SMARTS) is 1. The number of carbonyl (C=O) groups is 2. The van der Waals surface area contributed by atoms with Crippen molar-refractivity contribution in [3.63, 3.8) is 0 Å². The van der Waals surface area contributed by atoms with Crippen molar-refractivity contribution in [3.8, 4) is 16.9 Å². The molecular formula is C23H20ClFN2O5. The van der Waals surface area contributed by atoms with Crippen LogP contribution >= 0.6 is 11.6 Å². The Balaban J connectivity index is 1.55. The van der Waals surface area contributed by atoms with Crippen LogP contribution < -0.4 is 10.3 Å². The standard InChI is InChI=1S/C23H20ClFN2O5/c24-20-8-14(25)3-5-17(20)19-10-26-22(29)18-9-15(4-6-16(18)19)32-12-21(28)27-7-1-2-13(11-27)23(30)31/h3-6,8-10,13H,1-2,7,11-12H2,(H,26,29)(H,30,31)/t13-/m0/s1. The molecule has 1 amide bonds. The molecule has 9 heteroatoms. The molecule has 0 unspecified atom stereocenters. The Morgan fingerprint density at radius 1 is 1.19 bits per heavy atom. The SMILES string of the molecule is O=C(O)[C@H]1CCCN(C(=O)COc2ccc3c(-c4ccc(F)cc4Cl)c[nH]c(=O)c3c2)C1. The van der Waals surface area contributed by atoms with Crippen LogP contribution in [-0.4, -0.2) is 46.6 Å². The molecule has 7 nitrogen and oxygen atoms in total. The lowest BCUT2D eigenvalue weighted by Gasteiger charge is -2.30. The summed E-state index contributed by atoms with van der Waals surface area (Å²) in [5, 5.41) is 10.3. The molecular weight excluding hydrogens is 439 g/mol. The van der Waals surface area contributed by atoms with E-state index in [2.05, 4.69) is 4.98 Å². The number of fused-ring (bicyclic) bond motifs is 1. The fourth-order valence-corrected chi connectivity index (χ4v) is 4.17. The highest BCUT2D eigenvalue weighted by Gasteiger charge is 2.28. The Morgan fingerprint density at radius 3 is 2.75 bits per heavy atom. The number of piperidine rings is 1. The third kappa shape index (κ3) is 4.45. The lowest BCUT2D eigenvalue weighted by Crippen LogP contribution is -2.44. The van der Waals surface area contributed by atoms with Crippen molar-refractivity contribution in [3.05, 3.63) is 63.8 Å². The lowest BCUT2D eigenvalue weighted by atomic mass is 9.98. The smallest absolute Gasteiger partial charge is 0.308 e. The molecule has 0 spiro atoms. The van der Waals surface area contributed by atoms with E-state index in [0.29, 0.717) is 47.0 Å². The minimum absolute atomic E-state index is 0.163. The summed E-state index contributed by atoms with van der Waals surface area (Å²) in [6.07, 6.45) is 2.69. The summed E-state index contributed by atoms with van der Waals surface area (Å²) in [6.45, 7) is 0.390. The van der Waals surface area contributed by atoms with Gasteiger partial charge in [0.1, 0.15) is 11.6 Å². The molecule has 2 heterocycles. The number of nitrogens with zero attached hydrogens (tertiary/aromatic N) is 1. The van der Waals surface area contributed by atoms with Gasteiger partial charge in [-0.15, -0.1) is 0 Å².